The molecule has 0 amide bonds. The molecule has 0 aliphatic heterocycles. The van der Waals surface area contributed by atoms with E-state index < -0.39 is 17.4 Å². The van der Waals surface area contributed by atoms with Crippen LogP contribution in [0.2, 0.25) is 0 Å². The second-order valence-corrected chi connectivity index (χ2v) is 8.55. The van der Waals surface area contributed by atoms with Crippen LogP contribution in [0, 0.1) is 36.0 Å². The summed E-state index contributed by atoms with van der Waals surface area (Å²) in [5, 5.41) is 0. The van der Waals surface area contributed by atoms with Crippen LogP contribution in [0.5, 0.6) is 0 Å². The Morgan fingerprint density at radius 3 is 1.89 bits per heavy atom. The minimum Gasteiger partial charge on any atom is -0.468 e. The van der Waals surface area contributed by atoms with Gasteiger partial charge in [0.15, 0.2) is 5.41 Å². The van der Waals surface area contributed by atoms with Crippen molar-refractivity contribution in [3.63, 3.8) is 0 Å². The van der Waals surface area contributed by atoms with Gasteiger partial charge in [0, 0.05) is 24.0 Å². The first-order valence-corrected chi connectivity index (χ1v) is 12.0. The number of methoxy groups -OCH3 is 2. The summed E-state index contributed by atoms with van der Waals surface area (Å²) in [5.41, 5.74) is 1.54. The zero-order valence-corrected chi connectivity index (χ0v) is 21.6. The van der Waals surface area contributed by atoms with Gasteiger partial charge in [0.2, 0.25) is 5.78 Å². The van der Waals surface area contributed by atoms with Crippen molar-refractivity contribution in [3.05, 3.63) is 113 Å². The highest BCUT2D eigenvalue weighted by atomic mass is 16.5. The molecule has 0 aliphatic rings. The molecule has 190 valence electrons. The van der Waals surface area contributed by atoms with Crippen molar-refractivity contribution < 1.29 is 23.9 Å². The number of ether oxygens (including phenoxy) is 2. The molecule has 0 saturated heterocycles. The van der Waals surface area contributed by atoms with Crippen molar-refractivity contribution in [1.29, 1.82) is 0 Å². The van der Waals surface area contributed by atoms with Crippen molar-refractivity contribution in [1.82, 2.24) is 0 Å². The molecular formula is C33H28O5. The fraction of sp³-hybridized carbons (Fsp3) is 0.182. The van der Waals surface area contributed by atoms with Crippen LogP contribution in [0.15, 0.2) is 90.5 Å². The fourth-order valence-corrected chi connectivity index (χ4v) is 3.67. The van der Waals surface area contributed by atoms with Crippen molar-refractivity contribution in [2.24, 2.45) is 5.41 Å². The number of hydrogen-bond donors (Lipinski definition) is 0. The van der Waals surface area contributed by atoms with Crippen LogP contribution in [0.4, 0.5) is 0 Å². The molecule has 5 heteroatoms. The highest BCUT2D eigenvalue weighted by molar-refractivity contribution is 6.14. The van der Waals surface area contributed by atoms with E-state index in [1.807, 2.05) is 67.6 Å². The Morgan fingerprint density at radius 2 is 1.32 bits per heavy atom. The predicted molar refractivity (Wildman–Crippen MR) is 147 cm³/mol. The number of aryl methyl sites for hydroxylation is 1. The van der Waals surface area contributed by atoms with Crippen LogP contribution in [0.1, 0.15) is 39.9 Å². The summed E-state index contributed by atoms with van der Waals surface area (Å²) in [7, 11) is 2.39. The third-order valence-corrected chi connectivity index (χ3v) is 5.83. The maximum absolute atomic E-state index is 13.3. The lowest BCUT2D eigenvalue weighted by atomic mass is 9.81. The normalized spacial score (nSPS) is 10.8. The maximum Gasteiger partial charge on any atom is 0.325 e. The van der Waals surface area contributed by atoms with Gasteiger partial charge in [-0.2, -0.15) is 0 Å². The average Bonchev–Trinajstić information content (AvgIpc) is 2.96. The van der Waals surface area contributed by atoms with Gasteiger partial charge < -0.3 is 9.47 Å². The number of carbonyl (C=O) groups is 3. The molecule has 0 bridgehead atoms. The Balaban J connectivity index is 1.99. The predicted octanol–water partition coefficient (Wildman–Crippen LogP) is 5.43. The molecule has 0 N–H and O–H groups in total. The molecule has 0 aromatic heterocycles. The standard InChI is InChI=1S/C33H28O5/c1-25-18-20-26(21-19-25)14-10-22-33(31(35)37-2,32(36)38-3)23-11-17-29(24-27-12-6-4-7-13-27)30(34)28-15-8-5-9-16-28/h4-9,12-13,15-16,18-21,24H,22-23H2,1-3H3/b29-24+. The largest absolute Gasteiger partial charge is 0.468 e. The Labute approximate surface area is 223 Å². The van der Waals surface area contributed by atoms with Crippen molar-refractivity contribution in [3.8, 4) is 23.7 Å². The molecular weight excluding hydrogens is 476 g/mol. The topological polar surface area (TPSA) is 69.7 Å². The number of benzene rings is 3. The van der Waals surface area contributed by atoms with Gasteiger partial charge in [0.05, 0.1) is 19.8 Å². The SMILES string of the molecule is COC(=O)C(CC#C/C(=C\c1ccccc1)C(=O)c1ccccc1)(CC#Cc1ccc(C)cc1)C(=O)OC. The highest BCUT2D eigenvalue weighted by Crippen LogP contribution is 2.30. The van der Waals surface area contributed by atoms with Gasteiger partial charge in [0.25, 0.3) is 0 Å². The summed E-state index contributed by atoms with van der Waals surface area (Å²) in [6.07, 6.45) is 1.26. The minimum absolute atomic E-state index is 0.167. The summed E-state index contributed by atoms with van der Waals surface area (Å²) in [5.74, 6) is 9.78. The first kappa shape index (κ1) is 27.7. The minimum atomic E-state index is -1.78. The zero-order valence-electron chi connectivity index (χ0n) is 21.6. The van der Waals surface area contributed by atoms with Crippen molar-refractivity contribution in [2.75, 3.05) is 14.2 Å². The lowest BCUT2D eigenvalue weighted by molar-refractivity contribution is -0.168. The second-order valence-electron chi connectivity index (χ2n) is 8.55. The molecule has 3 aromatic carbocycles. The number of hydrogen-bond acceptors (Lipinski definition) is 5. The van der Waals surface area contributed by atoms with Crippen LogP contribution in [-0.4, -0.2) is 31.9 Å². The van der Waals surface area contributed by atoms with E-state index in [4.69, 9.17) is 9.47 Å². The number of allylic oxidation sites excluding steroid dienone is 1. The fourth-order valence-electron chi connectivity index (χ4n) is 3.67. The molecule has 0 unspecified atom stereocenters. The van der Waals surface area contributed by atoms with E-state index >= 15 is 0 Å². The lowest BCUT2D eigenvalue weighted by Crippen LogP contribution is -2.40. The van der Waals surface area contributed by atoms with Gasteiger partial charge >= 0.3 is 11.9 Å². The van der Waals surface area contributed by atoms with Crippen LogP contribution in [0.25, 0.3) is 6.08 Å². The van der Waals surface area contributed by atoms with Gasteiger partial charge in [-0.1, -0.05) is 102 Å². The van der Waals surface area contributed by atoms with Gasteiger partial charge in [-0.05, 0) is 30.7 Å². The molecule has 0 aliphatic carbocycles. The molecule has 3 aromatic rings. The maximum atomic E-state index is 13.3. The van der Waals surface area contributed by atoms with Crippen molar-refractivity contribution in [2.45, 2.75) is 19.8 Å². The van der Waals surface area contributed by atoms with Crippen LogP contribution >= 0.6 is 0 Å². The third kappa shape index (κ3) is 7.09. The average molecular weight is 505 g/mol. The number of ketones is 1. The van der Waals surface area contributed by atoms with E-state index in [0.29, 0.717) is 5.56 Å². The Morgan fingerprint density at radius 1 is 0.763 bits per heavy atom. The number of Topliss-reactive ketones (excluding diaryl/α,β-unsaturated/α-hetero) is 1. The molecule has 5 nitrogen and oxygen atoms in total. The lowest BCUT2D eigenvalue weighted by Gasteiger charge is -2.24. The summed E-state index contributed by atoms with van der Waals surface area (Å²) < 4.78 is 9.94. The van der Waals surface area contributed by atoms with Gasteiger partial charge in [-0.3, -0.25) is 14.4 Å². The zero-order chi connectivity index (χ0) is 27.4. The molecule has 3 rings (SSSR count). The van der Waals surface area contributed by atoms with E-state index in [2.05, 4.69) is 23.7 Å². The van der Waals surface area contributed by atoms with E-state index in [1.54, 1.807) is 30.3 Å². The molecule has 0 fully saturated rings. The quantitative estimate of drug-likeness (QED) is 0.141. The smallest absolute Gasteiger partial charge is 0.325 e. The number of rotatable bonds is 7. The Bertz CT molecular complexity index is 1410. The van der Waals surface area contributed by atoms with Crippen LogP contribution in [-0.2, 0) is 19.1 Å². The summed E-state index contributed by atoms with van der Waals surface area (Å²) >= 11 is 0. The van der Waals surface area contributed by atoms with E-state index in [1.165, 1.54) is 14.2 Å². The number of esters is 2. The van der Waals surface area contributed by atoms with Crippen LogP contribution in [0.3, 0.4) is 0 Å². The van der Waals surface area contributed by atoms with E-state index in [-0.39, 0.29) is 24.2 Å². The van der Waals surface area contributed by atoms with Crippen molar-refractivity contribution >= 4 is 23.8 Å². The molecule has 0 saturated carbocycles. The summed E-state index contributed by atoms with van der Waals surface area (Å²) in [4.78, 5) is 39.1. The van der Waals surface area contributed by atoms with E-state index in [9.17, 15) is 14.4 Å². The molecule has 0 heterocycles. The molecule has 0 radical (unpaired) electrons. The monoisotopic (exact) mass is 504 g/mol. The highest BCUT2D eigenvalue weighted by Gasteiger charge is 2.47. The third-order valence-electron chi connectivity index (χ3n) is 5.83. The van der Waals surface area contributed by atoms with Gasteiger partial charge in [-0.25, -0.2) is 0 Å². The molecule has 0 atom stereocenters. The first-order valence-electron chi connectivity index (χ1n) is 12.0. The van der Waals surface area contributed by atoms with E-state index in [0.717, 1.165) is 16.7 Å². The summed E-state index contributed by atoms with van der Waals surface area (Å²) in [6.45, 7) is 1.97. The molecule has 0 spiro atoms. The van der Waals surface area contributed by atoms with Gasteiger partial charge in [-0.15, -0.1) is 0 Å². The second kappa shape index (κ2) is 13.4. The Kier molecular flexibility index (Phi) is 9.80. The molecule has 38 heavy (non-hydrogen) atoms. The van der Waals surface area contributed by atoms with Crippen LogP contribution < -0.4 is 0 Å². The number of carbonyl (C=O) groups excluding carboxylic acids is 3. The van der Waals surface area contributed by atoms with Gasteiger partial charge in [0.1, 0.15) is 0 Å². The first-order chi connectivity index (χ1) is 18.4. The summed E-state index contributed by atoms with van der Waals surface area (Å²) in [6, 6.07) is 25.6. The Hall–Kier alpha value is -4.87.